The van der Waals surface area contributed by atoms with Crippen LogP contribution in [0.5, 0.6) is 11.5 Å². The van der Waals surface area contributed by atoms with Crippen molar-refractivity contribution in [1.82, 2.24) is 4.90 Å². The molecule has 0 aromatic heterocycles. The molecule has 0 fully saturated rings. The summed E-state index contributed by atoms with van der Waals surface area (Å²) in [7, 11) is 2.15. The molecule has 0 radical (unpaired) electrons. The van der Waals surface area contributed by atoms with Crippen LogP contribution < -0.4 is 9.47 Å². The lowest BCUT2D eigenvalue weighted by Gasteiger charge is -2.24. The Kier molecular flexibility index (Phi) is 4.82. The number of fused-ring (bicyclic) bond motifs is 2. The van der Waals surface area contributed by atoms with Crippen LogP contribution in [0.25, 0.3) is 0 Å². The first-order chi connectivity index (χ1) is 12.5. The van der Waals surface area contributed by atoms with Crippen LogP contribution in [-0.4, -0.2) is 43.0 Å². The summed E-state index contributed by atoms with van der Waals surface area (Å²) in [6.45, 7) is 4.22. The summed E-state index contributed by atoms with van der Waals surface area (Å²) in [6.07, 6.45) is 1.00. The summed E-state index contributed by atoms with van der Waals surface area (Å²) in [4.78, 5) is 2.35. The Morgan fingerprint density at radius 1 is 1.23 bits per heavy atom. The molecule has 2 unspecified atom stereocenters. The lowest BCUT2D eigenvalue weighted by Crippen LogP contribution is -2.24. The molecule has 0 saturated heterocycles. The first kappa shape index (κ1) is 17.7. The number of aliphatic hydroxyl groups excluding tert-OH is 1. The van der Waals surface area contributed by atoms with Gasteiger partial charge in [0.15, 0.2) is 6.29 Å². The van der Waals surface area contributed by atoms with E-state index in [1.54, 1.807) is 6.92 Å². The summed E-state index contributed by atoms with van der Waals surface area (Å²) in [5.74, 6) is 1.74. The van der Waals surface area contributed by atoms with E-state index < -0.39 is 6.29 Å². The Hall–Kier alpha value is -1.75. The fourth-order valence-corrected chi connectivity index (χ4v) is 4.25. The van der Waals surface area contributed by atoms with Crippen molar-refractivity contribution < 1.29 is 14.6 Å². The van der Waals surface area contributed by atoms with Crippen LogP contribution in [0.15, 0.2) is 30.3 Å². The van der Waals surface area contributed by atoms with E-state index >= 15 is 0 Å². The third-order valence-corrected chi connectivity index (χ3v) is 5.54. The van der Waals surface area contributed by atoms with Crippen molar-refractivity contribution >= 4 is 11.6 Å². The highest BCUT2D eigenvalue weighted by atomic mass is 35.5. The van der Waals surface area contributed by atoms with Gasteiger partial charge < -0.3 is 19.5 Å². The molecule has 26 heavy (non-hydrogen) atoms. The average molecular weight is 374 g/mol. The zero-order valence-corrected chi connectivity index (χ0v) is 15.9. The van der Waals surface area contributed by atoms with Crippen LogP contribution in [0.3, 0.4) is 0 Å². The Morgan fingerprint density at radius 2 is 2.08 bits per heavy atom. The van der Waals surface area contributed by atoms with E-state index in [2.05, 4.69) is 30.1 Å². The van der Waals surface area contributed by atoms with Crippen molar-refractivity contribution in [3.8, 4) is 11.5 Å². The van der Waals surface area contributed by atoms with Crippen molar-refractivity contribution in [2.75, 3.05) is 26.7 Å². The number of para-hydroxylation sites is 1. The molecule has 0 bridgehead atoms. The topological polar surface area (TPSA) is 41.9 Å². The third-order valence-electron chi connectivity index (χ3n) is 5.24. The van der Waals surface area contributed by atoms with Crippen LogP contribution in [0.4, 0.5) is 0 Å². The van der Waals surface area contributed by atoms with Gasteiger partial charge in [-0.2, -0.15) is 0 Å². The molecule has 0 amide bonds. The van der Waals surface area contributed by atoms with Crippen molar-refractivity contribution in [3.63, 3.8) is 0 Å². The number of hydrogen-bond acceptors (Lipinski definition) is 4. The summed E-state index contributed by atoms with van der Waals surface area (Å²) in [6, 6.07) is 10.4. The van der Waals surface area contributed by atoms with Gasteiger partial charge in [-0.25, -0.2) is 0 Å². The summed E-state index contributed by atoms with van der Waals surface area (Å²) >= 11 is 6.41. The number of rotatable bonds is 3. The molecule has 138 valence electrons. The van der Waals surface area contributed by atoms with Crippen molar-refractivity contribution in [2.24, 2.45) is 0 Å². The van der Waals surface area contributed by atoms with E-state index in [9.17, 15) is 5.11 Å². The molecule has 2 heterocycles. The van der Waals surface area contributed by atoms with E-state index in [1.807, 2.05) is 12.1 Å². The largest absolute Gasteiger partial charge is 0.493 e. The molecule has 2 aromatic carbocycles. The van der Waals surface area contributed by atoms with E-state index in [-0.39, 0.29) is 5.92 Å². The van der Waals surface area contributed by atoms with Crippen LogP contribution in [0, 0.1) is 0 Å². The summed E-state index contributed by atoms with van der Waals surface area (Å²) in [5.41, 5.74) is 4.95. The highest BCUT2D eigenvalue weighted by Crippen LogP contribution is 2.42. The number of hydrogen-bond donors (Lipinski definition) is 1. The number of nitrogens with zero attached hydrogens (tertiary/aromatic N) is 1. The number of ether oxygens (including phenoxy) is 2. The van der Waals surface area contributed by atoms with Gasteiger partial charge in [-0.15, -0.1) is 0 Å². The maximum Gasteiger partial charge on any atom is 0.194 e. The molecule has 1 N–H and O–H groups in total. The number of halogens is 1. The van der Waals surface area contributed by atoms with Gasteiger partial charge in [0.2, 0.25) is 0 Å². The molecule has 2 atom stereocenters. The zero-order valence-electron chi connectivity index (χ0n) is 15.2. The normalized spacial score (nSPS) is 20.7. The van der Waals surface area contributed by atoms with Crippen LogP contribution >= 0.6 is 11.6 Å². The molecular weight excluding hydrogens is 350 g/mol. The van der Waals surface area contributed by atoms with Crippen LogP contribution in [0.1, 0.15) is 35.1 Å². The van der Waals surface area contributed by atoms with E-state index in [0.717, 1.165) is 38.3 Å². The molecule has 0 spiro atoms. The molecule has 0 aliphatic carbocycles. The van der Waals surface area contributed by atoms with Crippen molar-refractivity contribution in [2.45, 2.75) is 32.0 Å². The quantitative estimate of drug-likeness (QED) is 0.834. The fraction of sp³-hybridized carbons (Fsp3) is 0.429. The minimum atomic E-state index is -0.901. The number of likely N-dealkylation sites (N-methyl/N-ethyl adjacent to an activating group) is 1. The Balaban J connectivity index is 1.84. The van der Waals surface area contributed by atoms with Gasteiger partial charge in [-0.05, 0) is 49.2 Å². The van der Waals surface area contributed by atoms with E-state index in [4.69, 9.17) is 21.1 Å². The highest BCUT2D eigenvalue weighted by Gasteiger charge is 2.29. The second-order valence-electron chi connectivity index (χ2n) is 7.20. The SMILES string of the molecule is CC(O)Oc1cc2c(cc1Cl)CCN(C)CC2c1cccc2c1OCC2. The molecule has 2 aliphatic heterocycles. The molecule has 4 nitrogen and oxygen atoms in total. The third kappa shape index (κ3) is 3.29. The Bertz CT molecular complexity index is 821. The number of benzene rings is 2. The van der Waals surface area contributed by atoms with Gasteiger partial charge in [0.05, 0.1) is 11.6 Å². The first-order valence-electron chi connectivity index (χ1n) is 9.13. The van der Waals surface area contributed by atoms with Gasteiger partial charge in [0.25, 0.3) is 0 Å². The fourth-order valence-electron chi connectivity index (χ4n) is 4.02. The predicted octanol–water partition coefficient (Wildman–Crippen LogP) is 3.61. The highest BCUT2D eigenvalue weighted by molar-refractivity contribution is 6.32. The van der Waals surface area contributed by atoms with Crippen molar-refractivity contribution in [1.29, 1.82) is 0 Å². The second kappa shape index (κ2) is 7.10. The van der Waals surface area contributed by atoms with Crippen molar-refractivity contribution in [3.05, 3.63) is 57.6 Å². The van der Waals surface area contributed by atoms with Gasteiger partial charge in [0.1, 0.15) is 11.5 Å². The van der Waals surface area contributed by atoms with Crippen LogP contribution in [0.2, 0.25) is 5.02 Å². The summed E-state index contributed by atoms with van der Waals surface area (Å²) in [5, 5.41) is 10.2. The smallest absolute Gasteiger partial charge is 0.194 e. The molecule has 2 aliphatic rings. The Morgan fingerprint density at radius 3 is 2.88 bits per heavy atom. The van der Waals surface area contributed by atoms with Gasteiger partial charge in [0, 0.05) is 31.0 Å². The minimum Gasteiger partial charge on any atom is -0.493 e. The number of aliphatic hydroxyl groups is 1. The molecule has 0 saturated carbocycles. The molecular formula is C21H24ClNO3. The van der Waals surface area contributed by atoms with E-state index in [1.165, 1.54) is 22.3 Å². The van der Waals surface area contributed by atoms with Gasteiger partial charge in [-0.1, -0.05) is 29.8 Å². The standard InChI is InChI=1S/C21H24ClNO3/c1-13(24)26-20-11-17-15(10-19(20)22)6-8-23(2)12-18(17)16-5-3-4-14-7-9-25-21(14)16/h3-5,10-11,13,18,24H,6-9,12H2,1-2H3. The summed E-state index contributed by atoms with van der Waals surface area (Å²) < 4.78 is 11.5. The first-order valence-corrected chi connectivity index (χ1v) is 9.51. The second-order valence-corrected chi connectivity index (χ2v) is 7.60. The average Bonchev–Trinajstić information content (AvgIpc) is 3.02. The van der Waals surface area contributed by atoms with Crippen LogP contribution in [-0.2, 0) is 12.8 Å². The van der Waals surface area contributed by atoms with Gasteiger partial charge >= 0.3 is 0 Å². The minimum absolute atomic E-state index is 0.180. The molecule has 2 aromatic rings. The Labute approximate surface area is 159 Å². The maximum absolute atomic E-state index is 9.63. The lowest BCUT2D eigenvalue weighted by molar-refractivity contribution is -0.000297. The zero-order chi connectivity index (χ0) is 18.3. The van der Waals surface area contributed by atoms with Gasteiger partial charge in [-0.3, -0.25) is 0 Å². The van der Waals surface area contributed by atoms with E-state index in [0.29, 0.717) is 10.8 Å². The molecule has 4 rings (SSSR count). The predicted molar refractivity (Wildman–Crippen MR) is 102 cm³/mol. The lowest BCUT2D eigenvalue weighted by atomic mass is 9.86. The maximum atomic E-state index is 9.63. The monoisotopic (exact) mass is 373 g/mol. The molecule has 5 heteroatoms.